The lowest BCUT2D eigenvalue weighted by Crippen LogP contribution is -2.61. The average Bonchev–Trinajstić information content (AvgIpc) is 3.47. The molecule has 0 saturated heterocycles. The van der Waals surface area contributed by atoms with E-state index >= 15 is 0 Å². The van der Waals surface area contributed by atoms with Crippen molar-refractivity contribution in [1.29, 1.82) is 0 Å². The first-order valence-corrected chi connectivity index (χ1v) is 22.1. The van der Waals surface area contributed by atoms with E-state index in [9.17, 15) is 0 Å². The maximum absolute atomic E-state index is 2.67. The molecular formula is C56H61BN2. The van der Waals surface area contributed by atoms with Gasteiger partial charge in [0.15, 0.2) is 0 Å². The van der Waals surface area contributed by atoms with Crippen LogP contribution in [0.3, 0.4) is 0 Å². The topological polar surface area (TPSA) is 6.48 Å². The molecule has 2 heterocycles. The molecule has 0 aromatic heterocycles. The first-order chi connectivity index (χ1) is 27.7. The number of hydrogen-bond acceptors (Lipinski definition) is 2. The zero-order valence-electron chi connectivity index (χ0n) is 37.8. The number of aryl methyl sites for hydroxylation is 2. The molecule has 3 heteroatoms. The van der Waals surface area contributed by atoms with Gasteiger partial charge in [0.2, 0.25) is 0 Å². The van der Waals surface area contributed by atoms with E-state index in [2.05, 4.69) is 209 Å². The van der Waals surface area contributed by atoms with Crippen molar-refractivity contribution < 1.29 is 0 Å². The largest absolute Gasteiger partial charge is 0.311 e. The van der Waals surface area contributed by atoms with E-state index in [4.69, 9.17) is 0 Å². The Morgan fingerprint density at radius 3 is 1.73 bits per heavy atom. The standard InChI is InChI=1S/C56H61BN2/c1-34-25-49-51-50(26-34)59(46-27-37(20-19-35(46)2)36-17-15-14-16-18-36)47-28-38(52(3,4)5)21-24-44(47)57(51)45-30-42-43(56(12,13)33-55(42,10)11)31-48(45)58(49)39-22-23-40-41(29-39)54(8,9)32-53(40,6)7/h14-31H,32-33H2,1-13H3. The smallest absolute Gasteiger partial charge is 0.252 e. The highest BCUT2D eigenvalue weighted by molar-refractivity contribution is 7.00. The molecule has 4 aliphatic rings. The quantitative estimate of drug-likeness (QED) is 0.165. The van der Waals surface area contributed by atoms with Crippen LogP contribution in [0.4, 0.5) is 34.1 Å². The third-order valence-electron chi connectivity index (χ3n) is 14.7. The maximum Gasteiger partial charge on any atom is 0.252 e. The molecule has 0 unspecified atom stereocenters. The molecule has 2 nitrogen and oxygen atoms in total. The maximum atomic E-state index is 2.67. The second kappa shape index (κ2) is 12.3. The molecule has 59 heavy (non-hydrogen) atoms. The summed E-state index contributed by atoms with van der Waals surface area (Å²) in [4.78, 5) is 5.30. The van der Waals surface area contributed by atoms with Crippen molar-refractivity contribution in [3.8, 4) is 11.1 Å². The molecule has 0 spiro atoms. The molecule has 0 N–H and O–H groups in total. The summed E-state index contributed by atoms with van der Waals surface area (Å²) in [5, 5.41) is 0. The van der Waals surface area contributed by atoms with Gasteiger partial charge in [0.05, 0.1) is 0 Å². The number of fused-ring (bicyclic) bond motifs is 6. The summed E-state index contributed by atoms with van der Waals surface area (Å²) in [5.41, 5.74) is 24.7. The monoisotopic (exact) mass is 772 g/mol. The van der Waals surface area contributed by atoms with E-state index in [1.54, 1.807) is 0 Å². The fourth-order valence-corrected chi connectivity index (χ4v) is 12.4. The lowest BCUT2D eigenvalue weighted by molar-refractivity contribution is 0.403. The van der Waals surface area contributed by atoms with Gasteiger partial charge in [0.25, 0.3) is 6.71 Å². The zero-order chi connectivity index (χ0) is 41.8. The van der Waals surface area contributed by atoms with Gasteiger partial charge < -0.3 is 9.80 Å². The number of benzene rings is 6. The van der Waals surface area contributed by atoms with E-state index < -0.39 is 0 Å². The molecule has 0 atom stereocenters. The third kappa shape index (κ3) is 5.66. The second-order valence-electron chi connectivity index (χ2n) is 22.3. The van der Waals surface area contributed by atoms with Crippen molar-refractivity contribution in [3.05, 3.63) is 148 Å². The second-order valence-corrected chi connectivity index (χ2v) is 22.3. The molecule has 0 fully saturated rings. The van der Waals surface area contributed by atoms with Crippen LogP contribution in [0.1, 0.15) is 128 Å². The Morgan fingerprint density at radius 1 is 0.475 bits per heavy atom. The van der Waals surface area contributed by atoms with E-state index in [0.29, 0.717) is 0 Å². The third-order valence-corrected chi connectivity index (χ3v) is 14.7. The van der Waals surface area contributed by atoms with Crippen molar-refractivity contribution in [1.82, 2.24) is 0 Å². The Hall–Kier alpha value is -5.02. The Labute approximate surface area is 354 Å². The number of anilines is 6. The van der Waals surface area contributed by atoms with Crippen LogP contribution in [0.15, 0.2) is 109 Å². The van der Waals surface area contributed by atoms with Crippen LogP contribution in [-0.4, -0.2) is 6.71 Å². The van der Waals surface area contributed by atoms with Crippen LogP contribution < -0.4 is 26.2 Å². The van der Waals surface area contributed by atoms with Gasteiger partial charge >= 0.3 is 0 Å². The van der Waals surface area contributed by atoms with E-state index in [-0.39, 0.29) is 33.8 Å². The van der Waals surface area contributed by atoms with E-state index in [1.165, 1.54) is 101 Å². The van der Waals surface area contributed by atoms with Gasteiger partial charge in [0, 0.05) is 34.1 Å². The minimum Gasteiger partial charge on any atom is -0.311 e. The van der Waals surface area contributed by atoms with Crippen molar-refractivity contribution in [2.45, 2.75) is 130 Å². The highest BCUT2D eigenvalue weighted by atomic mass is 15.2. The summed E-state index contributed by atoms with van der Waals surface area (Å²) in [6.45, 7) is 31.3. The zero-order valence-corrected chi connectivity index (χ0v) is 37.8. The first kappa shape index (κ1) is 38.2. The number of hydrogen-bond donors (Lipinski definition) is 0. The lowest BCUT2D eigenvalue weighted by atomic mass is 9.33. The average molecular weight is 773 g/mol. The Bertz CT molecular complexity index is 2740. The molecule has 10 rings (SSSR count). The summed E-state index contributed by atoms with van der Waals surface area (Å²) < 4.78 is 0. The molecule has 0 radical (unpaired) electrons. The van der Waals surface area contributed by atoms with Crippen molar-refractivity contribution >= 4 is 57.2 Å². The SMILES string of the molecule is Cc1cc2c3c(c1)N(c1cc(-c4ccccc4)ccc1C)c1cc(C(C)(C)C)ccc1B3c1cc3c(cc1N2c1ccc2c(c1)C(C)(C)CC2(C)C)C(C)(C)CC3(C)C. The Balaban J connectivity index is 1.31. The van der Waals surface area contributed by atoms with Crippen LogP contribution >= 0.6 is 0 Å². The summed E-state index contributed by atoms with van der Waals surface area (Å²) >= 11 is 0. The minimum absolute atomic E-state index is 0.00666. The Morgan fingerprint density at radius 2 is 1.07 bits per heavy atom. The van der Waals surface area contributed by atoms with Crippen LogP contribution in [0.2, 0.25) is 0 Å². The van der Waals surface area contributed by atoms with Gasteiger partial charge in [0.1, 0.15) is 0 Å². The van der Waals surface area contributed by atoms with Gasteiger partial charge in [-0.2, -0.15) is 0 Å². The predicted molar refractivity (Wildman–Crippen MR) is 255 cm³/mol. The number of nitrogens with zero attached hydrogens (tertiary/aromatic N) is 2. The van der Waals surface area contributed by atoms with Gasteiger partial charge in [-0.3, -0.25) is 0 Å². The molecular weight excluding hydrogens is 711 g/mol. The van der Waals surface area contributed by atoms with Gasteiger partial charge in [-0.1, -0.05) is 143 Å². The summed E-state index contributed by atoms with van der Waals surface area (Å²) in [6, 6.07) is 43.0. The van der Waals surface area contributed by atoms with Crippen molar-refractivity contribution in [2.75, 3.05) is 9.80 Å². The van der Waals surface area contributed by atoms with E-state index in [1.807, 2.05) is 0 Å². The van der Waals surface area contributed by atoms with Gasteiger partial charge in [-0.25, -0.2) is 0 Å². The van der Waals surface area contributed by atoms with Crippen molar-refractivity contribution in [2.24, 2.45) is 0 Å². The molecule has 2 aliphatic carbocycles. The molecule has 2 aliphatic heterocycles. The molecule has 0 amide bonds. The Kier molecular flexibility index (Phi) is 7.95. The highest BCUT2D eigenvalue weighted by Gasteiger charge is 2.49. The van der Waals surface area contributed by atoms with Gasteiger partial charge in [-0.15, -0.1) is 0 Å². The fraction of sp³-hybridized carbons (Fsp3) is 0.357. The molecule has 0 saturated carbocycles. The van der Waals surface area contributed by atoms with E-state index in [0.717, 1.165) is 12.8 Å². The van der Waals surface area contributed by atoms with Crippen LogP contribution in [0, 0.1) is 13.8 Å². The molecule has 298 valence electrons. The molecule has 0 bridgehead atoms. The summed E-state index contributed by atoms with van der Waals surface area (Å²) in [5.74, 6) is 0. The normalized spacial score (nSPS) is 18.6. The number of rotatable bonds is 3. The predicted octanol–water partition coefficient (Wildman–Crippen LogP) is 13.3. The van der Waals surface area contributed by atoms with Crippen LogP contribution in [0.25, 0.3) is 11.1 Å². The van der Waals surface area contributed by atoms with Crippen molar-refractivity contribution in [3.63, 3.8) is 0 Å². The lowest BCUT2D eigenvalue weighted by Gasteiger charge is -2.45. The van der Waals surface area contributed by atoms with Crippen LogP contribution in [0.5, 0.6) is 0 Å². The molecule has 6 aromatic rings. The summed E-state index contributed by atoms with van der Waals surface area (Å²) in [6.07, 6.45) is 2.29. The fourth-order valence-electron chi connectivity index (χ4n) is 12.4. The minimum atomic E-state index is -0.00666. The van der Waals surface area contributed by atoms with Crippen LogP contribution in [-0.2, 0) is 27.1 Å². The summed E-state index contributed by atoms with van der Waals surface area (Å²) in [7, 11) is 0. The first-order valence-electron chi connectivity index (χ1n) is 22.1. The van der Waals surface area contributed by atoms with Gasteiger partial charge in [-0.05, 0) is 163 Å². The molecule has 6 aromatic carbocycles. The highest BCUT2D eigenvalue weighted by Crippen LogP contribution is 2.55.